The summed E-state index contributed by atoms with van der Waals surface area (Å²) in [6.45, 7) is 0. The van der Waals surface area contributed by atoms with Crippen molar-refractivity contribution in [2.24, 2.45) is 0 Å². The van der Waals surface area contributed by atoms with Crippen LogP contribution in [0.1, 0.15) is 18.4 Å². The number of aromatic nitrogens is 1. The van der Waals surface area contributed by atoms with Crippen LogP contribution in [0.15, 0.2) is 194 Å². The molecule has 8 aromatic rings. The van der Waals surface area contributed by atoms with E-state index in [-0.39, 0.29) is 0 Å². The van der Waals surface area contributed by atoms with E-state index >= 15 is 0 Å². The predicted octanol–water partition coefficient (Wildman–Crippen LogP) is 13.3. The number of nitrogens with zero attached hydrogens (tertiary/aromatic N) is 2. The number of rotatable bonds is 7. The average molecular weight is 641 g/mol. The van der Waals surface area contributed by atoms with Crippen molar-refractivity contribution >= 4 is 44.4 Å². The van der Waals surface area contributed by atoms with Crippen molar-refractivity contribution in [3.05, 3.63) is 200 Å². The second-order valence-corrected chi connectivity index (χ2v) is 12.9. The number of benzene rings is 7. The fourth-order valence-corrected chi connectivity index (χ4v) is 7.36. The van der Waals surface area contributed by atoms with Gasteiger partial charge in [-0.25, -0.2) is 0 Å². The summed E-state index contributed by atoms with van der Waals surface area (Å²) in [5.41, 5.74) is 14.5. The molecule has 0 aliphatic heterocycles. The monoisotopic (exact) mass is 640 g/mol. The molecule has 0 unspecified atom stereocenters. The second-order valence-electron chi connectivity index (χ2n) is 12.9. The summed E-state index contributed by atoms with van der Waals surface area (Å²) in [6, 6.07) is 63.8. The van der Waals surface area contributed by atoms with Crippen LogP contribution in [0.5, 0.6) is 0 Å². The van der Waals surface area contributed by atoms with Gasteiger partial charge in [0.05, 0.1) is 11.0 Å². The molecule has 0 N–H and O–H groups in total. The van der Waals surface area contributed by atoms with E-state index in [4.69, 9.17) is 0 Å². The lowest BCUT2D eigenvalue weighted by atomic mass is 9.97. The van der Waals surface area contributed by atoms with E-state index < -0.39 is 0 Å². The zero-order chi connectivity index (χ0) is 33.3. The predicted molar refractivity (Wildman–Crippen MR) is 213 cm³/mol. The van der Waals surface area contributed by atoms with Crippen molar-refractivity contribution in [2.45, 2.75) is 12.8 Å². The maximum absolute atomic E-state index is 2.41. The van der Waals surface area contributed by atoms with Gasteiger partial charge in [0.25, 0.3) is 0 Å². The molecule has 1 aromatic heterocycles. The zero-order valence-corrected chi connectivity index (χ0v) is 27.8. The van der Waals surface area contributed by atoms with E-state index in [1.54, 1.807) is 0 Å². The van der Waals surface area contributed by atoms with E-state index in [0.717, 1.165) is 35.6 Å². The Morgan fingerprint density at radius 1 is 0.420 bits per heavy atom. The second kappa shape index (κ2) is 12.9. The molecule has 7 aromatic carbocycles. The zero-order valence-electron chi connectivity index (χ0n) is 27.8. The van der Waals surface area contributed by atoms with Gasteiger partial charge in [-0.3, -0.25) is 0 Å². The van der Waals surface area contributed by atoms with E-state index in [0.29, 0.717) is 0 Å². The standard InChI is InChI=1S/C48H36N2/c1-4-12-35(13-5-1)37-20-22-38(23-21-37)40-26-30-43(31-27-40)50-47-19-11-10-18-45(47)46-33-32-44(34-48(46)50)49(41-16-8-3-9-17-41)42-28-24-39(25-29-42)36-14-6-2-7-15-36/h1-6,8-14,16-34H,7,15H2. The van der Waals surface area contributed by atoms with Crippen LogP contribution in [-0.4, -0.2) is 4.57 Å². The van der Waals surface area contributed by atoms with Gasteiger partial charge in [-0.2, -0.15) is 0 Å². The minimum absolute atomic E-state index is 1.08. The number of hydrogen-bond donors (Lipinski definition) is 0. The van der Waals surface area contributed by atoms with E-state index in [2.05, 4.69) is 204 Å². The van der Waals surface area contributed by atoms with E-state index in [9.17, 15) is 0 Å². The molecule has 2 nitrogen and oxygen atoms in total. The summed E-state index contributed by atoms with van der Waals surface area (Å²) >= 11 is 0. The Morgan fingerprint density at radius 2 is 0.960 bits per heavy atom. The normalized spacial score (nSPS) is 12.7. The van der Waals surface area contributed by atoms with Gasteiger partial charge < -0.3 is 9.47 Å². The fraction of sp³-hybridized carbons (Fsp3) is 0.0417. The van der Waals surface area contributed by atoms with Gasteiger partial charge in [0.2, 0.25) is 0 Å². The summed E-state index contributed by atoms with van der Waals surface area (Å²) in [5.74, 6) is 0. The van der Waals surface area contributed by atoms with Crippen molar-refractivity contribution in [2.75, 3.05) is 4.90 Å². The van der Waals surface area contributed by atoms with Gasteiger partial charge in [0.15, 0.2) is 0 Å². The van der Waals surface area contributed by atoms with Gasteiger partial charge in [0.1, 0.15) is 0 Å². The Kier molecular flexibility index (Phi) is 7.68. The lowest BCUT2D eigenvalue weighted by Crippen LogP contribution is -2.10. The molecule has 1 aliphatic carbocycles. The van der Waals surface area contributed by atoms with Crippen molar-refractivity contribution in [1.82, 2.24) is 4.57 Å². The lowest BCUT2D eigenvalue weighted by Gasteiger charge is -2.26. The van der Waals surface area contributed by atoms with Crippen molar-refractivity contribution in [1.29, 1.82) is 0 Å². The average Bonchev–Trinajstić information content (AvgIpc) is 3.53. The first kappa shape index (κ1) is 29.7. The van der Waals surface area contributed by atoms with Crippen LogP contribution in [-0.2, 0) is 0 Å². The number of fused-ring (bicyclic) bond motifs is 3. The minimum Gasteiger partial charge on any atom is -0.310 e. The fourth-order valence-electron chi connectivity index (χ4n) is 7.36. The molecule has 50 heavy (non-hydrogen) atoms. The van der Waals surface area contributed by atoms with Gasteiger partial charge >= 0.3 is 0 Å². The highest BCUT2D eigenvalue weighted by atomic mass is 15.1. The van der Waals surface area contributed by atoms with Crippen LogP contribution in [0.4, 0.5) is 17.1 Å². The summed E-state index contributed by atoms with van der Waals surface area (Å²) < 4.78 is 2.41. The summed E-state index contributed by atoms with van der Waals surface area (Å²) in [7, 11) is 0. The molecule has 0 amide bonds. The van der Waals surface area contributed by atoms with Crippen LogP contribution in [0, 0.1) is 0 Å². The molecule has 2 heteroatoms. The Hall–Kier alpha value is -6.38. The van der Waals surface area contributed by atoms with Crippen LogP contribution < -0.4 is 4.90 Å². The van der Waals surface area contributed by atoms with Crippen molar-refractivity contribution < 1.29 is 0 Å². The van der Waals surface area contributed by atoms with Gasteiger partial charge in [-0.05, 0) is 101 Å². The first-order valence-electron chi connectivity index (χ1n) is 17.4. The molecule has 1 heterocycles. The molecule has 238 valence electrons. The highest BCUT2D eigenvalue weighted by Gasteiger charge is 2.18. The van der Waals surface area contributed by atoms with Crippen molar-refractivity contribution in [3.63, 3.8) is 0 Å². The largest absolute Gasteiger partial charge is 0.310 e. The molecular formula is C48H36N2. The van der Waals surface area contributed by atoms with E-state index in [1.807, 2.05) is 0 Å². The van der Waals surface area contributed by atoms with E-state index in [1.165, 1.54) is 55.2 Å². The third-order valence-corrected chi connectivity index (χ3v) is 9.89. The molecule has 0 radical (unpaired) electrons. The maximum Gasteiger partial charge on any atom is 0.0561 e. The number of anilines is 3. The van der Waals surface area contributed by atoms with Crippen LogP contribution in [0.3, 0.4) is 0 Å². The van der Waals surface area contributed by atoms with Gasteiger partial charge in [-0.15, -0.1) is 0 Å². The highest BCUT2D eigenvalue weighted by Crippen LogP contribution is 2.40. The molecule has 0 saturated heterocycles. The minimum atomic E-state index is 1.08. The Morgan fingerprint density at radius 3 is 1.64 bits per heavy atom. The van der Waals surface area contributed by atoms with Crippen LogP contribution in [0.2, 0.25) is 0 Å². The molecule has 9 rings (SSSR count). The molecular weight excluding hydrogens is 605 g/mol. The van der Waals surface area contributed by atoms with Gasteiger partial charge in [-0.1, -0.05) is 140 Å². The smallest absolute Gasteiger partial charge is 0.0561 e. The first-order chi connectivity index (χ1) is 24.8. The summed E-state index contributed by atoms with van der Waals surface area (Å²) in [6.07, 6.45) is 8.84. The maximum atomic E-state index is 2.41. The Labute approximate surface area is 293 Å². The van der Waals surface area contributed by atoms with Gasteiger partial charge in [0, 0.05) is 33.5 Å². The number of para-hydroxylation sites is 2. The highest BCUT2D eigenvalue weighted by molar-refractivity contribution is 6.10. The molecule has 1 aliphatic rings. The number of allylic oxidation sites excluding steroid dienone is 4. The molecule has 0 atom stereocenters. The number of hydrogen-bond acceptors (Lipinski definition) is 1. The Bertz CT molecular complexity index is 2480. The molecule has 0 saturated carbocycles. The lowest BCUT2D eigenvalue weighted by molar-refractivity contribution is 1.05. The Balaban J connectivity index is 1.12. The van der Waals surface area contributed by atoms with Crippen LogP contribution in [0.25, 0.3) is 55.3 Å². The molecule has 0 bridgehead atoms. The van der Waals surface area contributed by atoms with Crippen molar-refractivity contribution in [3.8, 4) is 27.9 Å². The third-order valence-electron chi connectivity index (χ3n) is 9.89. The molecule has 0 fully saturated rings. The quantitative estimate of drug-likeness (QED) is 0.168. The topological polar surface area (TPSA) is 8.17 Å². The first-order valence-corrected chi connectivity index (χ1v) is 17.4. The SMILES string of the molecule is C1=CCCC(c2ccc(N(c3ccccc3)c3ccc4c5ccccc5n(-c5ccc(-c6ccc(-c7ccccc7)cc6)cc5)c4c3)cc2)=C1. The third kappa shape index (κ3) is 5.51. The molecule has 0 spiro atoms. The van der Waals surface area contributed by atoms with Crippen LogP contribution >= 0.6 is 0 Å². The summed E-state index contributed by atoms with van der Waals surface area (Å²) in [4.78, 5) is 2.36. The summed E-state index contributed by atoms with van der Waals surface area (Å²) in [5, 5.41) is 2.49.